The zero-order valence-electron chi connectivity index (χ0n) is 11.5. The Labute approximate surface area is 128 Å². The van der Waals surface area contributed by atoms with Crippen LogP contribution in [0.4, 0.5) is 24.7 Å². The van der Waals surface area contributed by atoms with E-state index in [-0.39, 0.29) is 11.6 Å². The SMILES string of the molecule is NN/N=C(\N)c1cncnc1Nc1ccc(OC(F)(F)F)cc1. The summed E-state index contributed by atoms with van der Waals surface area (Å²) in [5.74, 6) is 5.06. The number of halogens is 3. The topological polar surface area (TPSA) is 123 Å². The number of nitrogens with one attached hydrogen (secondary N) is 2. The molecule has 0 aliphatic rings. The minimum Gasteiger partial charge on any atom is -0.406 e. The minimum absolute atomic E-state index is 0.0348. The summed E-state index contributed by atoms with van der Waals surface area (Å²) in [5.41, 5.74) is 8.57. The van der Waals surface area contributed by atoms with Crippen LogP contribution in [0.5, 0.6) is 5.75 Å². The average molecular weight is 327 g/mol. The van der Waals surface area contributed by atoms with Gasteiger partial charge in [0.1, 0.15) is 17.9 Å². The van der Waals surface area contributed by atoms with E-state index in [1.165, 1.54) is 24.7 Å². The van der Waals surface area contributed by atoms with Crippen molar-refractivity contribution in [3.05, 3.63) is 42.4 Å². The fraction of sp³-hybridized carbons (Fsp3) is 0.0833. The molecule has 11 heteroatoms. The summed E-state index contributed by atoms with van der Waals surface area (Å²) < 4.78 is 40.1. The van der Waals surface area contributed by atoms with Crippen molar-refractivity contribution in [2.24, 2.45) is 16.7 Å². The van der Waals surface area contributed by atoms with E-state index in [4.69, 9.17) is 11.6 Å². The molecule has 2 rings (SSSR count). The highest BCUT2D eigenvalue weighted by Gasteiger charge is 2.30. The molecule has 0 aliphatic heterocycles. The van der Waals surface area contributed by atoms with Gasteiger partial charge in [0.2, 0.25) is 0 Å². The number of hydrazine groups is 1. The normalized spacial score (nSPS) is 11.9. The molecule has 1 aromatic heterocycles. The predicted octanol–water partition coefficient (Wildman–Crippen LogP) is 1.20. The van der Waals surface area contributed by atoms with E-state index < -0.39 is 6.36 Å². The largest absolute Gasteiger partial charge is 0.573 e. The molecule has 8 nitrogen and oxygen atoms in total. The molecular formula is C12H12F3N7O. The Kier molecular flexibility index (Phi) is 4.81. The van der Waals surface area contributed by atoms with Crippen LogP contribution in [-0.4, -0.2) is 22.2 Å². The van der Waals surface area contributed by atoms with Crippen LogP contribution in [0.2, 0.25) is 0 Å². The molecule has 0 amide bonds. The van der Waals surface area contributed by atoms with Gasteiger partial charge in [0.25, 0.3) is 0 Å². The summed E-state index contributed by atoms with van der Waals surface area (Å²) in [7, 11) is 0. The molecule has 1 aromatic carbocycles. The van der Waals surface area contributed by atoms with Gasteiger partial charge < -0.3 is 15.8 Å². The lowest BCUT2D eigenvalue weighted by Gasteiger charge is -2.11. The second-order valence-corrected chi connectivity index (χ2v) is 4.11. The standard InChI is InChI=1S/C12H12F3N7O/c13-12(14,15)23-8-3-1-7(2-4-8)20-11-9(5-18-6-19-11)10(16)21-22-17/h1-6,22H,17H2,(H2,16,21)(H,18,19,20). The van der Waals surface area contributed by atoms with Gasteiger partial charge in [0.15, 0.2) is 5.84 Å². The van der Waals surface area contributed by atoms with E-state index in [1.807, 2.05) is 5.53 Å². The number of alkyl halides is 3. The first-order chi connectivity index (χ1) is 10.9. The van der Waals surface area contributed by atoms with Crippen LogP contribution < -0.4 is 27.2 Å². The highest BCUT2D eigenvalue weighted by atomic mass is 19.4. The number of hydrogen-bond acceptors (Lipinski definition) is 7. The quantitative estimate of drug-likeness (QED) is 0.281. The van der Waals surface area contributed by atoms with Gasteiger partial charge in [-0.15, -0.1) is 18.3 Å². The second-order valence-electron chi connectivity index (χ2n) is 4.11. The van der Waals surface area contributed by atoms with Crippen molar-refractivity contribution in [3.63, 3.8) is 0 Å². The average Bonchev–Trinajstić information content (AvgIpc) is 2.48. The van der Waals surface area contributed by atoms with E-state index in [1.54, 1.807) is 0 Å². The molecule has 0 atom stereocenters. The lowest BCUT2D eigenvalue weighted by Crippen LogP contribution is -2.24. The van der Waals surface area contributed by atoms with Crippen LogP contribution in [0.25, 0.3) is 0 Å². The number of nitrogens with zero attached hydrogens (tertiary/aromatic N) is 3. The summed E-state index contributed by atoms with van der Waals surface area (Å²) in [6.07, 6.45) is -2.06. The summed E-state index contributed by atoms with van der Waals surface area (Å²) in [6, 6.07) is 5.11. The highest BCUT2D eigenvalue weighted by molar-refractivity contribution is 6.01. The third kappa shape index (κ3) is 4.71. The highest BCUT2D eigenvalue weighted by Crippen LogP contribution is 2.25. The van der Waals surface area contributed by atoms with Gasteiger partial charge in [0, 0.05) is 11.9 Å². The number of ether oxygens (including phenoxy) is 1. The van der Waals surface area contributed by atoms with E-state index in [2.05, 4.69) is 25.1 Å². The molecule has 23 heavy (non-hydrogen) atoms. The molecule has 6 N–H and O–H groups in total. The number of amidine groups is 1. The van der Waals surface area contributed by atoms with Crippen molar-refractivity contribution >= 4 is 17.3 Å². The first-order valence-corrected chi connectivity index (χ1v) is 6.11. The lowest BCUT2D eigenvalue weighted by molar-refractivity contribution is -0.274. The fourth-order valence-corrected chi connectivity index (χ4v) is 1.62. The lowest BCUT2D eigenvalue weighted by atomic mass is 10.2. The van der Waals surface area contributed by atoms with Crippen molar-refractivity contribution in [2.75, 3.05) is 5.32 Å². The predicted molar refractivity (Wildman–Crippen MR) is 76.5 cm³/mol. The smallest absolute Gasteiger partial charge is 0.406 e. The number of rotatable bonds is 5. The molecule has 122 valence electrons. The maximum atomic E-state index is 12.1. The summed E-state index contributed by atoms with van der Waals surface area (Å²) in [4.78, 5) is 7.82. The summed E-state index contributed by atoms with van der Waals surface area (Å²) in [5, 5.41) is 6.49. The molecular weight excluding hydrogens is 315 g/mol. The minimum atomic E-state index is -4.74. The summed E-state index contributed by atoms with van der Waals surface area (Å²) >= 11 is 0. The number of anilines is 2. The zero-order valence-corrected chi connectivity index (χ0v) is 11.5. The Morgan fingerprint density at radius 3 is 2.52 bits per heavy atom. The third-order valence-electron chi connectivity index (χ3n) is 2.52. The van der Waals surface area contributed by atoms with Crippen LogP contribution in [-0.2, 0) is 0 Å². The molecule has 0 aliphatic carbocycles. The maximum absolute atomic E-state index is 12.1. The van der Waals surface area contributed by atoms with Gasteiger partial charge in [-0.2, -0.15) is 0 Å². The molecule has 0 saturated heterocycles. The van der Waals surface area contributed by atoms with Crippen LogP contribution in [0.15, 0.2) is 41.9 Å². The Morgan fingerprint density at radius 1 is 1.22 bits per heavy atom. The molecule has 1 heterocycles. The molecule has 2 aromatic rings. The third-order valence-corrected chi connectivity index (χ3v) is 2.52. The van der Waals surface area contributed by atoms with Crippen molar-refractivity contribution in [2.45, 2.75) is 6.36 Å². The van der Waals surface area contributed by atoms with E-state index in [0.29, 0.717) is 17.1 Å². The van der Waals surface area contributed by atoms with Crippen molar-refractivity contribution in [1.29, 1.82) is 0 Å². The van der Waals surface area contributed by atoms with Gasteiger partial charge in [-0.3, -0.25) is 0 Å². The van der Waals surface area contributed by atoms with Crippen molar-refractivity contribution < 1.29 is 17.9 Å². The maximum Gasteiger partial charge on any atom is 0.573 e. The Balaban J connectivity index is 2.18. The van der Waals surface area contributed by atoms with E-state index in [0.717, 1.165) is 12.1 Å². The van der Waals surface area contributed by atoms with Crippen LogP contribution in [0, 0.1) is 0 Å². The number of hydrazone groups is 1. The molecule has 0 spiro atoms. The van der Waals surface area contributed by atoms with Crippen LogP contribution in [0.3, 0.4) is 0 Å². The van der Waals surface area contributed by atoms with Crippen molar-refractivity contribution in [1.82, 2.24) is 15.5 Å². The first kappa shape index (κ1) is 16.3. The van der Waals surface area contributed by atoms with Crippen molar-refractivity contribution in [3.8, 4) is 5.75 Å². The Hall–Kier alpha value is -3.08. The monoisotopic (exact) mass is 327 g/mol. The summed E-state index contributed by atoms with van der Waals surface area (Å²) in [6.45, 7) is 0. The molecule has 0 bridgehead atoms. The van der Waals surface area contributed by atoms with E-state index in [9.17, 15) is 13.2 Å². The molecule has 0 fully saturated rings. The number of benzene rings is 1. The van der Waals surface area contributed by atoms with Gasteiger partial charge in [-0.05, 0) is 24.3 Å². The van der Waals surface area contributed by atoms with Crippen LogP contribution >= 0.6 is 0 Å². The van der Waals surface area contributed by atoms with Gasteiger partial charge in [-0.1, -0.05) is 0 Å². The second kappa shape index (κ2) is 6.79. The van der Waals surface area contributed by atoms with Gasteiger partial charge >= 0.3 is 6.36 Å². The Morgan fingerprint density at radius 2 is 1.91 bits per heavy atom. The van der Waals surface area contributed by atoms with Gasteiger partial charge in [-0.25, -0.2) is 21.3 Å². The Bertz CT molecular complexity index is 688. The van der Waals surface area contributed by atoms with Gasteiger partial charge in [0.05, 0.1) is 5.56 Å². The molecule has 0 unspecified atom stereocenters. The number of aromatic nitrogens is 2. The first-order valence-electron chi connectivity index (χ1n) is 6.11. The number of nitrogens with two attached hydrogens (primary N) is 2. The molecule has 0 radical (unpaired) electrons. The molecule has 0 saturated carbocycles. The van der Waals surface area contributed by atoms with Crippen LogP contribution in [0.1, 0.15) is 5.56 Å². The van der Waals surface area contributed by atoms with E-state index >= 15 is 0 Å². The fourth-order valence-electron chi connectivity index (χ4n) is 1.62. The zero-order chi connectivity index (χ0) is 16.9. The number of hydrogen-bond donors (Lipinski definition) is 4.